The number of aryl methyl sites for hydroxylation is 3. The van der Waals surface area contributed by atoms with E-state index in [0.717, 1.165) is 27.7 Å². The highest BCUT2D eigenvalue weighted by Gasteiger charge is 2.10. The Morgan fingerprint density at radius 2 is 1.87 bits per heavy atom. The van der Waals surface area contributed by atoms with Crippen LogP contribution in [0.1, 0.15) is 16.8 Å². The normalized spacial score (nSPS) is 10.9. The van der Waals surface area contributed by atoms with Gasteiger partial charge in [-0.15, -0.1) is 0 Å². The monoisotopic (exact) mass is 220 g/mol. The molecule has 0 unspecified atom stereocenters. The third-order valence-electron chi connectivity index (χ3n) is 2.71. The second-order valence-electron chi connectivity index (χ2n) is 3.88. The van der Waals surface area contributed by atoms with Gasteiger partial charge in [0.25, 0.3) is 0 Å². The van der Waals surface area contributed by atoms with Gasteiger partial charge in [-0.05, 0) is 44.0 Å². The smallest absolute Gasteiger partial charge is 0.0772 e. The van der Waals surface area contributed by atoms with Gasteiger partial charge in [0, 0.05) is 16.8 Å². The van der Waals surface area contributed by atoms with E-state index in [4.69, 9.17) is 17.3 Å². The van der Waals surface area contributed by atoms with Crippen LogP contribution in [-0.4, -0.2) is 4.98 Å². The molecule has 0 bridgehead atoms. The van der Waals surface area contributed by atoms with Gasteiger partial charge in [-0.3, -0.25) is 4.98 Å². The summed E-state index contributed by atoms with van der Waals surface area (Å²) in [4.78, 5) is 4.49. The number of nitrogens with zero attached hydrogens (tertiary/aromatic N) is 1. The van der Waals surface area contributed by atoms with Gasteiger partial charge in [0.05, 0.1) is 10.5 Å². The molecule has 0 radical (unpaired) electrons. The minimum atomic E-state index is 0.679. The van der Waals surface area contributed by atoms with Gasteiger partial charge in [0.1, 0.15) is 0 Å². The number of nitrogen functional groups attached to an aromatic ring is 1. The van der Waals surface area contributed by atoms with Crippen molar-refractivity contribution in [2.45, 2.75) is 20.8 Å². The van der Waals surface area contributed by atoms with Crippen molar-refractivity contribution >= 4 is 28.2 Å². The fourth-order valence-corrected chi connectivity index (χ4v) is 2.14. The van der Waals surface area contributed by atoms with E-state index in [1.807, 2.05) is 32.9 Å². The number of hydrogen-bond acceptors (Lipinski definition) is 2. The number of pyridine rings is 1. The van der Waals surface area contributed by atoms with E-state index in [0.29, 0.717) is 10.7 Å². The highest BCUT2D eigenvalue weighted by Crippen LogP contribution is 2.32. The Morgan fingerprint density at radius 3 is 2.53 bits per heavy atom. The topological polar surface area (TPSA) is 38.9 Å². The number of rotatable bonds is 0. The van der Waals surface area contributed by atoms with E-state index in [2.05, 4.69) is 4.98 Å². The average Bonchev–Trinajstić information content (AvgIpc) is 2.12. The minimum absolute atomic E-state index is 0.679. The summed E-state index contributed by atoms with van der Waals surface area (Å²) in [7, 11) is 0. The third-order valence-corrected chi connectivity index (χ3v) is 3.00. The molecule has 2 nitrogen and oxygen atoms in total. The van der Waals surface area contributed by atoms with E-state index in [1.54, 1.807) is 0 Å². The minimum Gasteiger partial charge on any atom is -0.398 e. The molecule has 0 aliphatic rings. The maximum Gasteiger partial charge on any atom is 0.0772 e. The first-order chi connectivity index (χ1) is 7.00. The molecule has 0 fully saturated rings. The molecule has 15 heavy (non-hydrogen) atoms. The quantitative estimate of drug-likeness (QED) is 0.692. The zero-order chi connectivity index (χ0) is 11.2. The summed E-state index contributed by atoms with van der Waals surface area (Å²) in [5, 5.41) is 1.54. The Hall–Kier alpha value is -1.28. The zero-order valence-corrected chi connectivity index (χ0v) is 9.81. The third kappa shape index (κ3) is 1.55. The number of halogens is 1. The van der Waals surface area contributed by atoms with Gasteiger partial charge >= 0.3 is 0 Å². The first-order valence-corrected chi connectivity index (χ1v) is 5.21. The highest BCUT2D eigenvalue weighted by molar-refractivity contribution is 6.36. The molecular weight excluding hydrogens is 208 g/mol. The lowest BCUT2D eigenvalue weighted by Gasteiger charge is -2.10. The largest absolute Gasteiger partial charge is 0.398 e. The molecule has 1 heterocycles. The van der Waals surface area contributed by atoms with Crippen LogP contribution in [0.4, 0.5) is 5.69 Å². The summed E-state index contributed by atoms with van der Waals surface area (Å²) in [6.45, 7) is 6.01. The van der Waals surface area contributed by atoms with Crippen molar-refractivity contribution in [1.82, 2.24) is 4.98 Å². The van der Waals surface area contributed by atoms with Crippen LogP contribution >= 0.6 is 11.6 Å². The first-order valence-electron chi connectivity index (χ1n) is 4.83. The summed E-state index contributed by atoms with van der Waals surface area (Å²) >= 11 is 6.17. The summed E-state index contributed by atoms with van der Waals surface area (Å²) in [6, 6.07) is 3.79. The number of fused-ring (bicyclic) bond motifs is 1. The van der Waals surface area contributed by atoms with E-state index < -0.39 is 0 Å². The number of anilines is 1. The summed E-state index contributed by atoms with van der Waals surface area (Å²) in [6.07, 6.45) is 0. The molecular formula is C12H13ClN2. The van der Waals surface area contributed by atoms with Crippen LogP contribution in [0.5, 0.6) is 0 Å². The highest BCUT2D eigenvalue weighted by atomic mass is 35.5. The fraction of sp³-hybridized carbons (Fsp3) is 0.250. The van der Waals surface area contributed by atoms with E-state index >= 15 is 0 Å². The summed E-state index contributed by atoms with van der Waals surface area (Å²) < 4.78 is 0. The molecule has 2 aromatic rings. The van der Waals surface area contributed by atoms with Crippen molar-refractivity contribution in [3.05, 3.63) is 34.0 Å². The molecule has 2 N–H and O–H groups in total. The Labute approximate surface area is 94.1 Å². The Bertz CT molecular complexity index is 539. The Balaban J connectivity index is 3.02. The molecule has 1 aromatic heterocycles. The Kier molecular flexibility index (Phi) is 2.31. The molecule has 0 aliphatic carbocycles. The summed E-state index contributed by atoms with van der Waals surface area (Å²) in [5.41, 5.74) is 10.8. The maximum atomic E-state index is 6.17. The molecule has 0 saturated heterocycles. The molecule has 0 aliphatic heterocycles. The standard InChI is InChI=1S/C12H13ClN2/c1-6-4-10(14)11-9(13)5-7(2)15-12(11)8(6)3/h4-5H,14H2,1-3H3. The van der Waals surface area contributed by atoms with Gasteiger partial charge in [-0.1, -0.05) is 11.6 Å². The lowest BCUT2D eigenvalue weighted by molar-refractivity contribution is 1.23. The molecule has 0 spiro atoms. The van der Waals surface area contributed by atoms with Crippen molar-refractivity contribution in [1.29, 1.82) is 0 Å². The predicted octanol–water partition coefficient (Wildman–Crippen LogP) is 3.40. The number of benzene rings is 1. The van der Waals surface area contributed by atoms with Gasteiger partial charge < -0.3 is 5.73 Å². The van der Waals surface area contributed by atoms with Crippen LogP contribution in [0.25, 0.3) is 10.9 Å². The maximum absolute atomic E-state index is 6.17. The second kappa shape index (κ2) is 3.38. The van der Waals surface area contributed by atoms with E-state index in [-0.39, 0.29) is 0 Å². The fourth-order valence-electron chi connectivity index (χ4n) is 1.78. The van der Waals surface area contributed by atoms with Crippen molar-refractivity contribution in [2.24, 2.45) is 0 Å². The van der Waals surface area contributed by atoms with Crippen molar-refractivity contribution in [3.8, 4) is 0 Å². The van der Waals surface area contributed by atoms with Crippen LogP contribution in [0.3, 0.4) is 0 Å². The van der Waals surface area contributed by atoms with Gasteiger partial charge in [-0.2, -0.15) is 0 Å². The van der Waals surface area contributed by atoms with Gasteiger partial charge in [0.2, 0.25) is 0 Å². The van der Waals surface area contributed by atoms with Gasteiger partial charge in [0.15, 0.2) is 0 Å². The van der Waals surface area contributed by atoms with Crippen LogP contribution in [-0.2, 0) is 0 Å². The predicted molar refractivity (Wildman–Crippen MR) is 65.4 cm³/mol. The SMILES string of the molecule is Cc1cc(Cl)c2c(N)cc(C)c(C)c2n1. The molecule has 78 valence electrons. The molecule has 0 atom stereocenters. The number of aromatic nitrogens is 1. The first kappa shape index (κ1) is 10.2. The number of hydrogen-bond donors (Lipinski definition) is 1. The second-order valence-corrected chi connectivity index (χ2v) is 4.28. The number of nitrogens with two attached hydrogens (primary N) is 1. The molecule has 1 aromatic carbocycles. The van der Waals surface area contributed by atoms with Crippen LogP contribution in [0.15, 0.2) is 12.1 Å². The molecule has 2 rings (SSSR count). The lowest BCUT2D eigenvalue weighted by atomic mass is 10.0. The zero-order valence-electron chi connectivity index (χ0n) is 9.06. The Morgan fingerprint density at radius 1 is 1.20 bits per heavy atom. The van der Waals surface area contributed by atoms with Crippen LogP contribution in [0, 0.1) is 20.8 Å². The molecule has 0 amide bonds. The van der Waals surface area contributed by atoms with Gasteiger partial charge in [-0.25, -0.2) is 0 Å². The van der Waals surface area contributed by atoms with E-state index in [9.17, 15) is 0 Å². The van der Waals surface area contributed by atoms with Crippen molar-refractivity contribution < 1.29 is 0 Å². The molecule has 3 heteroatoms. The average molecular weight is 221 g/mol. The van der Waals surface area contributed by atoms with Crippen LogP contribution in [0.2, 0.25) is 5.02 Å². The molecule has 0 saturated carbocycles. The van der Waals surface area contributed by atoms with Crippen molar-refractivity contribution in [2.75, 3.05) is 5.73 Å². The van der Waals surface area contributed by atoms with Crippen molar-refractivity contribution in [3.63, 3.8) is 0 Å². The lowest BCUT2D eigenvalue weighted by Crippen LogP contribution is -1.96. The summed E-state index contributed by atoms with van der Waals surface area (Å²) in [5.74, 6) is 0. The van der Waals surface area contributed by atoms with E-state index in [1.165, 1.54) is 0 Å². The van der Waals surface area contributed by atoms with Crippen LogP contribution < -0.4 is 5.73 Å².